The molecule has 0 saturated carbocycles. The van der Waals surface area contributed by atoms with E-state index in [0.717, 1.165) is 10.0 Å². The summed E-state index contributed by atoms with van der Waals surface area (Å²) in [4.78, 5) is 13.7. The summed E-state index contributed by atoms with van der Waals surface area (Å²) in [5.74, 6) is -0.00896. The number of nitrogens with zero attached hydrogens (tertiary/aromatic N) is 1. The lowest BCUT2D eigenvalue weighted by Crippen LogP contribution is -2.61. The number of amides is 1. The lowest BCUT2D eigenvalue weighted by molar-refractivity contribution is -0.0669. The number of aliphatic hydroxyl groups is 1. The molecule has 0 aliphatic carbocycles. The number of halogens is 1. The molecular formula is C12H14BrNO2. The summed E-state index contributed by atoms with van der Waals surface area (Å²) in [6.45, 7) is 4.48. The smallest absolute Gasteiger partial charge is 0.254 e. The van der Waals surface area contributed by atoms with Gasteiger partial charge in [0.1, 0.15) is 0 Å². The van der Waals surface area contributed by atoms with Crippen LogP contribution in [0.5, 0.6) is 0 Å². The van der Waals surface area contributed by atoms with E-state index in [1.54, 1.807) is 11.8 Å². The van der Waals surface area contributed by atoms with Crippen molar-refractivity contribution in [1.82, 2.24) is 4.90 Å². The molecular weight excluding hydrogens is 270 g/mol. The molecule has 1 heterocycles. The van der Waals surface area contributed by atoms with Crippen LogP contribution in [0.2, 0.25) is 0 Å². The number of carbonyl (C=O) groups is 1. The Bertz CT molecular complexity index is 435. The molecule has 0 spiro atoms. The van der Waals surface area contributed by atoms with E-state index < -0.39 is 5.60 Å². The molecule has 0 unspecified atom stereocenters. The zero-order chi connectivity index (χ0) is 11.9. The van der Waals surface area contributed by atoms with Crippen LogP contribution in [0.1, 0.15) is 22.8 Å². The molecule has 1 saturated heterocycles. The summed E-state index contributed by atoms with van der Waals surface area (Å²) in [6, 6.07) is 5.65. The van der Waals surface area contributed by atoms with Gasteiger partial charge >= 0.3 is 0 Å². The van der Waals surface area contributed by atoms with Gasteiger partial charge in [-0.15, -0.1) is 0 Å². The monoisotopic (exact) mass is 283 g/mol. The Morgan fingerprint density at radius 3 is 2.69 bits per heavy atom. The predicted molar refractivity (Wildman–Crippen MR) is 65.4 cm³/mol. The number of hydrogen-bond donors (Lipinski definition) is 1. The van der Waals surface area contributed by atoms with Gasteiger partial charge in [-0.1, -0.05) is 22.0 Å². The quantitative estimate of drug-likeness (QED) is 0.856. The minimum atomic E-state index is -0.713. The van der Waals surface area contributed by atoms with Crippen LogP contribution < -0.4 is 0 Å². The van der Waals surface area contributed by atoms with Gasteiger partial charge in [-0.3, -0.25) is 4.79 Å². The summed E-state index contributed by atoms with van der Waals surface area (Å²) in [6.07, 6.45) is 0. The lowest BCUT2D eigenvalue weighted by Gasteiger charge is -2.44. The maximum absolute atomic E-state index is 12.1. The normalized spacial score (nSPS) is 18.1. The number of aryl methyl sites for hydroxylation is 1. The highest BCUT2D eigenvalue weighted by Gasteiger charge is 2.39. The van der Waals surface area contributed by atoms with Gasteiger partial charge in [0.2, 0.25) is 0 Å². The fraction of sp³-hybridized carbons (Fsp3) is 0.417. The Hall–Kier alpha value is -0.870. The van der Waals surface area contributed by atoms with Gasteiger partial charge < -0.3 is 10.0 Å². The molecule has 1 aromatic rings. The van der Waals surface area contributed by atoms with E-state index in [1.165, 1.54) is 0 Å². The third-order valence-corrected chi connectivity index (χ3v) is 3.27. The first kappa shape index (κ1) is 11.6. The zero-order valence-corrected chi connectivity index (χ0v) is 10.9. The van der Waals surface area contributed by atoms with E-state index in [-0.39, 0.29) is 5.91 Å². The third kappa shape index (κ3) is 2.13. The van der Waals surface area contributed by atoms with Crippen LogP contribution in [-0.2, 0) is 0 Å². The molecule has 1 amide bonds. The van der Waals surface area contributed by atoms with Crippen LogP contribution in [0.25, 0.3) is 0 Å². The van der Waals surface area contributed by atoms with Crippen LogP contribution in [-0.4, -0.2) is 34.6 Å². The molecule has 16 heavy (non-hydrogen) atoms. The number of β-amino-alcohol motifs (C(OH)–C–C–N with tert-alkyl or cyclic N) is 1. The molecule has 1 aliphatic heterocycles. The maximum atomic E-state index is 12.1. The molecule has 0 aromatic heterocycles. The molecule has 1 fully saturated rings. The van der Waals surface area contributed by atoms with Crippen LogP contribution in [0.15, 0.2) is 22.7 Å². The number of rotatable bonds is 1. The van der Waals surface area contributed by atoms with Crippen molar-refractivity contribution in [1.29, 1.82) is 0 Å². The van der Waals surface area contributed by atoms with Gasteiger partial charge in [0.15, 0.2) is 0 Å². The van der Waals surface area contributed by atoms with Crippen LogP contribution in [0, 0.1) is 6.92 Å². The molecule has 1 N–H and O–H groups in total. The topological polar surface area (TPSA) is 40.5 Å². The lowest BCUT2D eigenvalue weighted by atomic mass is 9.95. The number of likely N-dealkylation sites (tertiary alicyclic amines) is 1. The molecule has 1 aliphatic rings. The van der Waals surface area contributed by atoms with E-state index in [2.05, 4.69) is 15.9 Å². The van der Waals surface area contributed by atoms with Gasteiger partial charge in [0.05, 0.1) is 18.7 Å². The number of carbonyl (C=O) groups excluding carboxylic acids is 1. The van der Waals surface area contributed by atoms with Crippen molar-refractivity contribution in [3.05, 3.63) is 33.8 Å². The number of hydrogen-bond acceptors (Lipinski definition) is 2. The summed E-state index contributed by atoms with van der Waals surface area (Å²) in [5.41, 5.74) is 0.944. The highest BCUT2D eigenvalue weighted by molar-refractivity contribution is 9.10. The molecule has 3 nitrogen and oxygen atoms in total. The van der Waals surface area contributed by atoms with E-state index in [9.17, 15) is 9.90 Å². The Labute approximate surface area is 103 Å². The van der Waals surface area contributed by atoms with E-state index in [4.69, 9.17) is 0 Å². The fourth-order valence-corrected chi connectivity index (χ4v) is 2.28. The first-order valence-electron chi connectivity index (χ1n) is 5.17. The molecule has 0 bridgehead atoms. The zero-order valence-electron chi connectivity index (χ0n) is 9.33. The van der Waals surface area contributed by atoms with Crippen molar-refractivity contribution >= 4 is 21.8 Å². The summed E-state index contributed by atoms with van der Waals surface area (Å²) in [7, 11) is 0. The van der Waals surface area contributed by atoms with Gasteiger partial charge in [0.25, 0.3) is 5.91 Å². The molecule has 2 rings (SSSR count). The number of benzene rings is 1. The van der Waals surface area contributed by atoms with Crippen LogP contribution >= 0.6 is 15.9 Å². The molecule has 4 heteroatoms. The Balaban J connectivity index is 2.19. The summed E-state index contributed by atoms with van der Waals surface area (Å²) < 4.78 is 0.897. The standard InChI is InChI=1S/C12H14BrNO2/c1-8-3-4-9(13)5-10(8)11(15)14-6-12(2,16)7-14/h3-5,16H,6-7H2,1-2H3. The molecule has 86 valence electrons. The van der Waals surface area contributed by atoms with Gasteiger partial charge in [-0.2, -0.15) is 0 Å². The van der Waals surface area contributed by atoms with Crippen molar-refractivity contribution < 1.29 is 9.90 Å². The summed E-state index contributed by atoms with van der Waals surface area (Å²) >= 11 is 3.36. The highest BCUT2D eigenvalue weighted by atomic mass is 79.9. The largest absolute Gasteiger partial charge is 0.386 e. The van der Waals surface area contributed by atoms with Crippen molar-refractivity contribution in [3.63, 3.8) is 0 Å². The van der Waals surface area contributed by atoms with Crippen LogP contribution in [0.3, 0.4) is 0 Å². The Morgan fingerprint density at radius 1 is 1.50 bits per heavy atom. The van der Waals surface area contributed by atoms with Crippen molar-refractivity contribution in [2.45, 2.75) is 19.4 Å². The van der Waals surface area contributed by atoms with E-state index in [0.29, 0.717) is 18.7 Å². The van der Waals surface area contributed by atoms with Gasteiger partial charge in [-0.05, 0) is 31.5 Å². The van der Waals surface area contributed by atoms with Crippen molar-refractivity contribution in [2.75, 3.05) is 13.1 Å². The average Bonchev–Trinajstić information content (AvgIpc) is 2.17. The van der Waals surface area contributed by atoms with Gasteiger partial charge in [0, 0.05) is 10.0 Å². The van der Waals surface area contributed by atoms with Gasteiger partial charge in [-0.25, -0.2) is 0 Å². The second kappa shape index (κ2) is 3.86. The minimum absolute atomic E-state index is 0.00896. The fourth-order valence-electron chi connectivity index (χ4n) is 1.91. The Kier molecular flexibility index (Phi) is 2.80. The van der Waals surface area contributed by atoms with Crippen molar-refractivity contribution in [2.24, 2.45) is 0 Å². The maximum Gasteiger partial charge on any atom is 0.254 e. The van der Waals surface area contributed by atoms with E-state index in [1.807, 2.05) is 25.1 Å². The summed E-state index contributed by atoms with van der Waals surface area (Å²) in [5, 5.41) is 9.60. The van der Waals surface area contributed by atoms with Crippen LogP contribution in [0.4, 0.5) is 0 Å². The second-order valence-corrected chi connectivity index (χ2v) is 5.53. The molecule has 0 atom stereocenters. The predicted octanol–water partition coefficient (Wildman–Crippen LogP) is 1.96. The van der Waals surface area contributed by atoms with Crippen molar-refractivity contribution in [3.8, 4) is 0 Å². The van der Waals surface area contributed by atoms with E-state index >= 15 is 0 Å². The minimum Gasteiger partial charge on any atom is -0.386 e. The molecule has 1 aromatic carbocycles. The SMILES string of the molecule is Cc1ccc(Br)cc1C(=O)N1CC(C)(O)C1. The Morgan fingerprint density at radius 2 is 2.12 bits per heavy atom. The first-order chi connectivity index (χ1) is 7.39. The first-order valence-corrected chi connectivity index (χ1v) is 5.96. The highest BCUT2D eigenvalue weighted by Crippen LogP contribution is 2.24. The molecule has 0 radical (unpaired) electrons. The average molecular weight is 284 g/mol. The third-order valence-electron chi connectivity index (χ3n) is 2.78. The second-order valence-electron chi connectivity index (χ2n) is 4.62.